The fourth-order valence-electron chi connectivity index (χ4n) is 3.93. The van der Waals surface area contributed by atoms with Crippen molar-refractivity contribution >= 4 is 5.91 Å². The molecule has 0 bridgehead atoms. The van der Waals surface area contributed by atoms with Gasteiger partial charge in [-0.05, 0) is 49.9 Å². The third kappa shape index (κ3) is 3.92. The number of carbonyl (C=O) groups is 1. The lowest BCUT2D eigenvalue weighted by atomic mass is 9.92. The van der Waals surface area contributed by atoms with Crippen molar-refractivity contribution in [1.82, 2.24) is 9.80 Å². The zero-order valence-electron chi connectivity index (χ0n) is 15.0. The zero-order valence-corrected chi connectivity index (χ0v) is 15.0. The fraction of sp³-hybridized carbons (Fsp3) is 0.650. The average molecular weight is 330 g/mol. The minimum Gasteiger partial charge on any atom is -0.492 e. The second-order valence-electron chi connectivity index (χ2n) is 7.07. The first-order valence-corrected chi connectivity index (χ1v) is 9.43. The molecule has 4 nitrogen and oxygen atoms in total. The van der Waals surface area contributed by atoms with Gasteiger partial charge in [0.25, 0.3) is 0 Å². The monoisotopic (exact) mass is 330 g/mol. The van der Waals surface area contributed by atoms with Gasteiger partial charge in [0.15, 0.2) is 0 Å². The number of para-hydroxylation sites is 1. The number of hydrogen-bond donors (Lipinski definition) is 0. The molecule has 1 atom stereocenters. The van der Waals surface area contributed by atoms with E-state index in [4.69, 9.17) is 4.74 Å². The molecule has 0 aromatic heterocycles. The molecule has 24 heavy (non-hydrogen) atoms. The Hall–Kier alpha value is -1.55. The molecule has 0 spiro atoms. The molecule has 1 aromatic carbocycles. The summed E-state index contributed by atoms with van der Waals surface area (Å²) in [5.41, 5.74) is 1.17. The van der Waals surface area contributed by atoms with E-state index >= 15 is 0 Å². The van der Waals surface area contributed by atoms with Gasteiger partial charge in [0.05, 0.1) is 5.92 Å². The summed E-state index contributed by atoms with van der Waals surface area (Å²) < 4.78 is 5.80. The third-order valence-electron chi connectivity index (χ3n) is 5.57. The number of ether oxygens (including phenoxy) is 1. The van der Waals surface area contributed by atoms with Gasteiger partial charge in [-0.2, -0.15) is 0 Å². The molecule has 1 fully saturated rings. The Morgan fingerprint density at radius 2 is 1.92 bits per heavy atom. The first-order valence-electron chi connectivity index (χ1n) is 9.43. The second-order valence-corrected chi connectivity index (χ2v) is 7.07. The molecule has 1 amide bonds. The van der Waals surface area contributed by atoms with Gasteiger partial charge in [-0.15, -0.1) is 0 Å². The van der Waals surface area contributed by atoms with Gasteiger partial charge >= 0.3 is 0 Å². The van der Waals surface area contributed by atoms with Gasteiger partial charge in [-0.25, -0.2) is 0 Å². The Labute approximate surface area is 145 Å². The molecule has 0 saturated carbocycles. The summed E-state index contributed by atoms with van der Waals surface area (Å²) in [5.74, 6) is 1.95. The van der Waals surface area contributed by atoms with Crippen LogP contribution in [0.15, 0.2) is 24.3 Å². The van der Waals surface area contributed by atoms with E-state index in [1.54, 1.807) is 0 Å². The summed E-state index contributed by atoms with van der Waals surface area (Å²) in [4.78, 5) is 17.4. The smallest absolute Gasteiger partial charge is 0.229 e. The maximum Gasteiger partial charge on any atom is 0.229 e. The summed E-state index contributed by atoms with van der Waals surface area (Å²) in [5, 5.41) is 0. The molecular formula is C20H30N2O2. The Kier molecular flexibility index (Phi) is 5.77. The largest absolute Gasteiger partial charge is 0.492 e. The van der Waals surface area contributed by atoms with Crippen LogP contribution in [0.2, 0.25) is 0 Å². The molecule has 4 heteroatoms. The third-order valence-corrected chi connectivity index (χ3v) is 5.57. The van der Waals surface area contributed by atoms with Crippen LogP contribution in [0.1, 0.15) is 32.3 Å². The zero-order chi connectivity index (χ0) is 16.9. The number of hydrogen-bond acceptors (Lipinski definition) is 3. The topological polar surface area (TPSA) is 32.8 Å². The van der Waals surface area contributed by atoms with Gasteiger partial charge in [0.2, 0.25) is 5.91 Å². The van der Waals surface area contributed by atoms with Gasteiger partial charge in [0.1, 0.15) is 12.4 Å². The Bertz CT molecular complexity index is 548. The van der Waals surface area contributed by atoms with Crippen LogP contribution < -0.4 is 4.74 Å². The van der Waals surface area contributed by atoms with Gasteiger partial charge in [-0.1, -0.05) is 32.0 Å². The molecule has 3 rings (SSSR count). The fourth-order valence-corrected chi connectivity index (χ4v) is 3.93. The van der Waals surface area contributed by atoms with Crippen LogP contribution in [0.5, 0.6) is 5.75 Å². The summed E-state index contributed by atoms with van der Waals surface area (Å²) in [6, 6.07) is 8.08. The van der Waals surface area contributed by atoms with Crippen LogP contribution in [0.3, 0.4) is 0 Å². The van der Waals surface area contributed by atoms with Crippen LogP contribution in [-0.4, -0.2) is 55.0 Å². The van der Waals surface area contributed by atoms with Gasteiger partial charge in [0, 0.05) is 19.6 Å². The van der Waals surface area contributed by atoms with E-state index in [2.05, 4.69) is 29.7 Å². The van der Waals surface area contributed by atoms with Crippen LogP contribution in [0, 0.1) is 11.8 Å². The summed E-state index contributed by atoms with van der Waals surface area (Å²) >= 11 is 0. The predicted molar refractivity (Wildman–Crippen MR) is 96.2 cm³/mol. The SMILES string of the molecule is CCN(CC)CC1CCN(C(=O)C2COc3ccccc3C2)CC1. The quantitative estimate of drug-likeness (QED) is 0.832. The molecular weight excluding hydrogens is 300 g/mol. The van der Waals surface area contributed by atoms with Crippen molar-refractivity contribution in [3.63, 3.8) is 0 Å². The highest BCUT2D eigenvalue weighted by Gasteiger charge is 2.31. The molecule has 132 valence electrons. The van der Waals surface area contributed by atoms with Crippen LogP contribution in [0.4, 0.5) is 0 Å². The number of fused-ring (bicyclic) bond motifs is 1. The number of amides is 1. The van der Waals surface area contributed by atoms with Crippen LogP contribution in [0.25, 0.3) is 0 Å². The normalized spacial score (nSPS) is 21.5. The van der Waals surface area contributed by atoms with Crippen molar-refractivity contribution in [2.24, 2.45) is 11.8 Å². The molecule has 0 N–H and O–H groups in total. The second kappa shape index (κ2) is 8.02. The van der Waals surface area contributed by atoms with Crippen molar-refractivity contribution in [2.75, 3.05) is 39.3 Å². The lowest BCUT2D eigenvalue weighted by Gasteiger charge is -2.36. The number of benzene rings is 1. The molecule has 1 unspecified atom stereocenters. The highest BCUT2D eigenvalue weighted by molar-refractivity contribution is 5.80. The summed E-state index contributed by atoms with van der Waals surface area (Å²) in [6.45, 7) is 10.2. The minimum absolute atomic E-state index is 0.0146. The van der Waals surface area contributed by atoms with Crippen LogP contribution >= 0.6 is 0 Å². The van der Waals surface area contributed by atoms with E-state index in [1.165, 1.54) is 12.1 Å². The maximum atomic E-state index is 12.8. The number of piperidine rings is 1. The van der Waals surface area contributed by atoms with Gasteiger partial charge in [-0.3, -0.25) is 4.79 Å². The minimum atomic E-state index is -0.0146. The molecule has 0 aliphatic carbocycles. The number of carbonyl (C=O) groups excluding carboxylic acids is 1. The molecule has 1 saturated heterocycles. The predicted octanol–water partition coefficient (Wildman–Crippen LogP) is 2.82. The van der Waals surface area contributed by atoms with Crippen molar-refractivity contribution < 1.29 is 9.53 Å². The van der Waals surface area contributed by atoms with E-state index in [1.807, 2.05) is 18.2 Å². The molecule has 1 aromatic rings. The summed E-state index contributed by atoms with van der Waals surface area (Å²) in [7, 11) is 0. The Morgan fingerprint density at radius 1 is 1.21 bits per heavy atom. The Balaban J connectivity index is 1.51. The van der Waals surface area contributed by atoms with Crippen molar-refractivity contribution in [3.05, 3.63) is 29.8 Å². The van der Waals surface area contributed by atoms with E-state index in [9.17, 15) is 4.79 Å². The number of nitrogens with zero attached hydrogens (tertiary/aromatic N) is 2. The highest BCUT2D eigenvalue weighted by atomic mass is 16.5. The van der Waals surface area contributed by atoms with Gasteiger partial charge < -0.3 is 14.5 Å². The van der Waals surface area contributed by atoms with E-state index in [0.29, 0.717) is 6.61 Å². The van der Waals surface area contributed by atoms with E-state index < -0.39 is 0 Å². The molecule has 2 aliphatic heterocycles. The summed E-state index contributed by atoms with van der Waals surface area (Å²) in [6.07, 6.45) is 3.08. The van der Waals surface area contributed by atoms with E-state index in [0.717, 1.165) is 57.1 Å². The van der Waals surface area contributed by atoms with E-state index in [-0.39, 0.29) is 11.8 Å². The maximum absolute atomic E-state index is 12.8. The Morgan fingerprint density at radius 3 is 2.62 bits per heavy atom. The van der Waals surface area contributed by atoms with Crippen molar-refractivity contribution in [1.29, 1.82) is 0 Å². The van der Waals surface area contributed by atoms with Crippen molar-refractivity contribution in [2.45, 2.75) is 33.1 Å². The standard InChI is InChI=1S/C20H30N2O2/c1-3-21(4-2)14-16-9-11-22(12-10-16)20(23)18-13-17-7-5-6-8-19(17)24-15-18/h5-8,16,18H,3-4,9-15H2,1-2H3. The highest BCUT2D eigenvalue weighted by Crippen LogP contribution is 2.29. The molecule has 0 radical (unpaired) electrons. The lowest BCUT2D eigenvalue weighted by Crippen LogP contribution is -2.46. The molecule has 2 heterocycles. The van der Waals surface area contributed by atoms with Crippen LogP contribution in [-0.2, 0) is 11.2 Å². The number of likely N-dealkylation sites (tertiary alicyclic amines) is 1. The number of rotatable bonds is 5. The first-order chi connectivity index (χ1) is 11.7. The van der Waals surface area contributed by atoms with Crippen molar-refractivity contribution in [3.8, 4) is 5.75 Å². The lowest BCUT2D eigenvalue weighted by molar-refractivity contribution is -0.138. The molecule has 2 aliphatic rings. The average Bonchev–Trinajstić information content (AvgIpc) is 2.65. The first kappa shape index (κ1) is 17.3.